The molecule has 1 aliphatic heterocycles. The first-order chi connectivity index (χ1) is 11.4. The third-order valence-electron chi connectivity index (χ3n) is 4.13. The first-order valence-electron chi connectivity index (χ1n) is 7.97. The Labute approximate surface area is 139 Å². The number of amides is 5. The van der Waals surface area contributed by atoms with Crippen LogP contribution in [-0.2, 0) is 14.4 Å². The lowest BCUT2D eigenvalue weighted by atomic mass is 10.0. The van der Waals surface area contributed by atoms with E-state index in [1.54, 1.807) is 6.07 Å². The molecule has 7 nitrogen and oxygen atoms in total. The van der Waals surface area contributed by atoms with Gasteiger partial charge in [-0.2, -0.15) is 0 Å². The second-order valence-corrected chi connectivity index (χ2v) is 6.41. The van der Waals surface area contributed by atoms with E-state index in [0.717, 1.165) is 10.5 Å². The summed E-state index contributed by atoms with van der Waals surface area (Å²) in [6.45, 7) is 3.62. The van der Waals surface area contributed by atoms with Gasteiger partial charge < -0.3 is 5.32 Å². The van der Waals surface area contributed by atoms with Gasteiger partial charge in [0.2, 0.25) is 5.91 Å². The molecule has 0 spiro atoms. The fourth-order valence-electron chi connectivity index (χ4n) is 2.64. The van der Waals surface area contributed by atoms with Gasteiger partial charge in [0.25, 0.3) is 0 Å². The number of carbonyl (C=O) groups excluding carboxylic acids is 4. The molecule has 5 amide bonds. The van der Waals surface area contributed by atoms with E-state index in [1.165, 1.54) is 0 Å². The Morgan fingerprint density at radius 1 is 1.21 bits per heavy atom. The van der Waals surface area contributed by atoms with Crippen molar-refractivity contribution in [1.29, 1.82) is 0 Å². The van der Waals surface area contributed by atoms with Crippen LogP contribution in [0, 0.1) is 0 Å². The summed E-state index contributed by atoms with van der Waals surface area (Å²) in [4.78, 5) is 49.8. The predicted molar refractivity (Wildman–Crippen MR) is 86.1 cm³/mol. The van der Waals surface area contributed by atoms with Crippen molar-refractivity contribution < 1.29 is 19.2 Å². The van der Waals surface area contributed by atoms with Crippen molar-refractivity contribution in [3.05, 3.63) is 29.8 Å². The molecule has 0 unspecified atom stereocenters. The molecule has 126 valence electrons. The molecular weight excluding hydrogens is 310 g/mol. The summed E-state index contributed by atoms with van der Waals surface area (Å²) in [6, 6.07) is 6.48. The highest BCUT2D eigenvalue weighted by atomic mass is 16.2. The highest BCUT2D eigenvalue weighted by molar-refractivity contribution is 6.45. The molecule has 1 aromatic rings. The second-order valence-electron chi connectivity index (χ2n) is 6.41. The molecule has 3 rings (SSSR count). The fourth-order valence-corrected chi connectivity index (χ4v) is 2.64. The van der Waals surface area contributed by atoms with Gasteiger partial charge >= 0.3 is 17.8 Å². The summed E-state index contributed by atoms with van der Waals surface area (Å²) in [6.07, 6.45) is 1.43. The molecule has 1 saturated heterocycles. The third kappa shape index (κ3) is 3.02. The van der Waals surface area contributed by atoms with Crippen LogP contribution in [0.5, 0.6) is 0 Å². The molecule has 0 aromatic heterocycles. The van der Waals surface area contributed by atoms with Gasteiger partial charge in [0.05, 0.1) is 0 Å². The lowest BCUT2D eigenvalue weighted by molar-refractivity contribution is -0.143. The van der Waals surface area contributed by atoms with Gasteiger partial charge in [0.15, 0.2) is 0 Å². The van der Waals surface area contributed by atoms with Crippen LogP contribution in [0.3, 0.4) is 0 Å². The van der Waals surface area contributed by atoms with E-state index in [4.69, 9.17) is 0 Å². The lowest BCUT2D eigenvalue weighted by Crippen LogP contribution is -2.39. The average Bonchev–Trinajstić information content (AvgIpc) is 3.33. The molecule has 0 bridgehead atoms. The number of carbonyl (C=O) groups is 4. The number of imide groups is 2. The number of urea groups is 1. The van der Waals surface area contributed by atoms with Crippen molar-refractivity contribution in [3.8, 4) is 0 Å². The average molecular weight is 329 g/mol. The molecule has 1 aromatic carbocycles. The molecule has 2 aliphatic rings. The minimum absolute atomic E-state index is 0.190. The van der Waals surface area contributed by atoms with Crippen LogP contribution in [0.2, 0.25) is 0 Å². The SMILES string of the molecule is CC(C)c1cccc(NC(=O)CN2C(=O)C(=O)N(C3CC3)C2=O)c1. The molecular formula is C17H19N3O4. The summed E-state index contributed by atoms with van der Waals surface area (Å²) in [5.41, 5.74) is 1.66. The number of hydrogen-bond donors (Lipinski definition) is 1. The number of rotatable bonds is 5. The van der Waals surface area contributed by atoms with Gasteiger partial charge in [-0.25, -0.2) is 9.69 Å². The van der Waals surface area contributed by atoms with E-state index < -0.39 is 30.3 Å². The zero-order valence-electron chi connectivity index (χ0n) is 13.6. The van der Waals surface area contributed by atoms with Crippen molar-refractivity contribution in [1.82, 2.24) is 9.80 Å². The summed E-state index contributed by atoms with van der Waals surface area (Å²) in [7, 11) is 0. The zero-order chi connectivity index (χ0) is 17.4. The fraction of sp³-hybridized carbons (Fsp3) is 0.412. The van der Waals surface area contributed by atoms with Crippen LogP contribution in [0.4, 0.5) is 10.5 Å². The smallest absolute Gasteiger partial charge is 0.325 e. The van der Waals surface area contributed by atoms with Crippen LogP contribution in [0.1, 0.15) is 38.2 Å². The quantitative estimate of drug-likeness (QED) is 0.658. The standard InChI is InChI=1S/C17H19N3O4/c1-10(2)11-4-3-5-12(8-11)18-14(21)9-19-15(22)16(23)20(17(19)24)13-6-7-13/h3-5,8,10,13H,6-7,9H2,1-2H3,(H,18,21). The number of benzene rings is 1. The minimum Gasteiger partial charge on any atom is -0.325 e. The van der Waals surface area contributed by atoms with Gasteiger partial charge in [-0.05, 0) is 36.5 Å². The molecule has 1 heterocycles. The van der Waals surface area contributed by atoms with Crippen molar-refractivity contribution in [2.45, 2.75) is 38.6 Å². The van der Waals surface area contributed by atoms with E-state index in [9.17, 15) is 19.2 Å². The Kier molecular flexibility index (Phi) is 4.09. The minimum atomic E-state index is -0.932. The summed E-state index contributed by atoms with van der Waals surface area (Å²) in [5.74, 6) is -1.97. The first kappa shape index (κ1) is 16.2. The number of hydrogen-bond acceptors (Lipinski definition) is 4. The van der Waals surface area contributed by atoms with Crippen LogP contribution in [0.15, 0.2) is 24.3 Å². The van der Waals surface area contributed by atoms with Gasteiger partial charge in [-0.1, -0.05) is 26.0 Å². The van der Waals surface area contributed by atoms with Crippen molar-refractivity contribution in [3.63, 3.8) is 0 Å². The molecule has 0 atom stereocenters. The molecule has 2 fully saturated rings. The van der Waals surface area contributed by atoms with Gasteiger partial charge in [-0.3, -0.25) is 19.3 Å². The van der Waals surface area contributed by atoms with Crippen LogP contribution in [-0.4, -0.2) is 46.1 Å². The molecule has 0 radical (unpaired) electrons. The molecule has 1 N–H and O–H groups in total. The predicted octanol–water partition coefficient (Wildman–Crippen LogP) is 1.70. The van der Waals surface area contributed by atoms with Crippen LogP contribution in [0.25, 0.3) is 0 Å². The van der Waals surface area contributed by atoms with Crippen molar-refractivity contribution >= 4 is 29.4 Å². The number of anilines is 1. The van der Waals surface area contributed by atoms with Crippen LogP contribution < -0.4 is 5.32 Å². The van der Waals surface area contributed by atoms with E-state index >= 15 is 0 Å². The summed E-state index contributed by atoms with van der Waals surface area (Å²) in [5, 5.41) is 2.66. The number of nitrogens with one attached hydrogen (secondary N) is 1. The molecule has 1 aliphatic carbocycles. The van der Waals surface area contributed by atoms with E-state index in [-0.39, 0.29) is 6.04 Å². The van der Waals surface area contributed by atoms with E-state index in [1.807, 2.05) is 32.0 Å². The highest BCUT2D eigenvalue weighted by Crippen LogP contribution is 2.31. The Hall–Kier alpha value is -2.70. The first-order valence-corrected chi connectivity index (χ1v) is 7.97. The van der Waals surface area contributed by atoms with Crippen molar-refractivity contribution in [2.75, 3.05) is 11.9 Å². The summed E-state index contributed by atoms with van der Waals surface area (Å²) >= 11 is 0. The Morgan fingerprint density at radius 2 is 1.92 bits per heavy atom. The summed E-state index contributed by atoms with van der Waals surface area (Å²) < 4.78 is 0. The molecule has 7 heteroatoms. The zero-order valence-corrected chi connectivity index (χ0v) is 13.6. The van der Waals surface area contributed by atoms with E-state index in [0.29, 0.717) is 29.3 Å². The van der Waals surface area contributed by atoms with E-state index in [2.05, 4.69) is 5.32 Å². The maximum Gasteiger partial charge on any atom is 0.334 e. The Morgan fingerprint density at radius 3 is 2.54 bits per heavy atom. The topological polar surface area (TPSA) is 86.8 Å². The van der Waals surface area contributed by atoms with Gasteiger partial charge in [0.1, 0.15) is 6.54 Å². The monoisotopic (exact) mass is 329 g/mol. The normalized spacial score (nSPS) is 17.9. The highest BCUT2D eigenvalue weighted by Gasteiger charge is 2.51. The second kappa shape index (κ2) is 6.07. The number of nitrogens with zero attached hydrogens (tertiary/aromatic N) is 2. The van der Waals surface area contributed by atoms with Crippen LogP contribution >= 0.6 is 0 Å². The third-order valence-corrected chi connectivity index (χ3v) is 4.13. The molecule has 24 heavy (non-hydrogen) atoms. The lowest BCUT2D eigenvalue weighted by Gasteiger charge is -2.15. The Balaban J connectivity index is 1.66. The van der Waals surface area contributed by atoms with Gasteiger partial charge in [-0.15, -0.1) is 0 Å². The Bertz CT molecular complexity index is 724. The largest absolute Gasteiger partial charge is 0.334 e. The maximum absolute atomic E-state index is 12.2. The van der Waals surface area contributed by atoms with Crippen molar-refractivity contribution in [2.24, 2.45) is 0 Å². The maximum atomic E-state index is 12.2. The van der Waals surface area contributed by atoms with Gasteiger partial charge in [0, 0.05) is 11.7 Å². The molecule has 1 saturated carbocycles.